The van der Waals surface area contributed by atoms with E-state index in [2.05, 4.69) is 15.9 Å². The van der Waals surface area contributed by atoms with E-state index in [0.29, 0.717) is 10.8 Å². The van der Waals surface area contributed by atoms with Crippen LogP contribution in [0.2, 0.25) is 5.02 Å². The van der Waals surface area contributed by atoms with Crippen LogP contribution in [0.3, 0.4) is 0 Å². The van der Waals surface area contributed by atoms with Crippen molar-refractivity contribution in [3.05, 3.63) is 57.0 Å². The number of halogens is 2. The minimum atomic E-state index is -0.0424. The maximum atomic E-state index is 6.22. The van der Waals surface area contributed by atoms with Crippen LogP contribution >= 0.6 is 27.5 Å². The predicted octanol–water partition coefficient (Wildman–Crippen LogP) is 5.22. The minimum absolute atomic E-state index is 0.0424. The van der Waals surface area contributed by atoms with Gasteiger partial charge in [0.05, 0.1) is 5.02 Å². The smallest absolute Gasteiger partial charge is 0.146 e. The molecule has 0 aliphatic heterocycles. The molecule has 0 saturated carbocycles. The van der Waals surface area contributed by atoms with Crippen molar-refractivity contribution < 1.29 is 4.74 Å². The highest BCUT2D eigenvalue weighted by Gasteiger charge is 2.08. The summed E-state index contributed by atoms with van der Waals surface area (Å²) in [6.07, 6.45) is 0. The summed E-state index contributed by atoms with van der Waals surface area (Å²) < 4.78 is 6.82. The van der Waals surface area contributed by atoms with Gasteiger partial charge in [-0.15, -0.1) is 0 Å². The zero-order valence-corrected chi connectivity index (χ0v) is 13.1. The second kappa shape index (κ2) is 5.95. The lowest BCUT2D eigenvalue weighted by Gasteiger charge is -2.12. The SMILES string of the molecule is Cc1ccc(Br)cc1Oc1ccc([C@H](C)N)cc1Cl. The number of benzene rings is 2. The quantitative estimate of drug-likeness (QED) is 0.831. The lowest BCUT2D eigenvalue weighted by molar-refractivity contribution is 0.478. The Kier molecular flexibility index (Phi) is 4.50. The van der Waals surface area contributed by atoms with Crippen LogP contribution in [0.15, 0.2) is 40.9 Å². The van der Waals surface area contributed by atoms with Crippen LogP contribution in [-0.4, -0.2) is 0 Å². The Balaban J connectivity index is 2.31. The molecule has 0 bridgehead atoms. The molecule has 0 heterocycles. The number of hydrogen-bond donors (Lipinski definition) is 1. The van der Waals surface area contributed by atoms with Gasteiger partial charge in [-0.25, -0.2) is 0 Å². The van der Waals surface area contributed by atoms with Crippen LogP contribution in [-0.2, 0) is 0 Å². The molecule has 0 aliphatic carbocycles. The van der Waals surface area contributed by atoms with Crippen LogP contribution in [0.5, 0.6) is 11.5 Å². The Morgan fingerprint density at radius 2 is 1.89 bits per heavy atom. The lowest BCUT2D eigenvalue weighted by atomic mass is 10.1. The van der Waals surface area contributed by atoms with Gasteiger partial charge in [-0.2, -0.15) is 0 Å². The summed E-state index contributed by atoms with van der Waals surface area (Å²) in [5.74, 6) is 1.41. The zero-order chi connectivity index (χ0) is 14.0. The molecule has 2 aromatic rings. The Morgan fingerprint density at radius 3 is 2.53 bits per heavy atom. The molecular weight excluding hydrogens is 326 g/mol. The third-order valence-corrected chi connectivity index (χ3v) is 3.64. The number of ether oxygens (including phenoxy) is 1. The average molecular weight is 341 g/mol. The van der Waals surface area contributed by atoms with E-state index in [9.17, 15) is 0 Å². The maximum Gasteiger partial charge on any atom is 0.146 e. The van der Waals surface area contributed by atoms with Crippen molar-refractivity contribution in [1.82, 2.24) is 0 Å². The van der Waals surface area contributed by atoms with E-state index in [1.165, 1.54) is 0 Å². The van der Waals surface area contributed by atoms with Gasteiger partial charge >= 0.3 is 0 Å². The molecule has 2 N–H and O–H groups in total. The molecular formula is C15H15BrClNO. The molecule has 0 aliphatic rings. The Labute approximate surface area is 126 Å². The molecule has 0 fully saturated rings. The first-order valence-corrected chi connectivity index (χ1v) is 7.13. The van der Waals surface area contributed by atoms with Gasteiger partial charge in [-0.3, -0.25) is 0 Å². The molecule has 2 rings (SSSR count). The van der Waals surface area contributed by atoms with Gasteiger partial charge in [0.25, 0.3) is 0 Å². The van der Waals surface area contributed by atoms with Gasteiger partial charge in [0.15, 0.2) is 0 Å². The first kappa shape index (κ1) is 14.4. The number of aryl methyl sites for hydroxylation is 1. The molecule has 19 heavy (non-hydrogen) atoms. The van der Waals surface area contributed by atoms with Crippen LogP contribution in [0.1, 0.15) is 24.1 Å². The Morgan fingerprint density at radius 1 is 1.16 bits per heavy atom. The molecule has 1 atom stereocenters. The minimum Gasteiger partial charge on any atom is -0.455 e. The average Bonchev–Trinajstić information content (AvgIpc) is 2.36. The van der Waals surface area contributed by atoms with Gasteiger partial charge in [-0.05, 0) is 49.2 Å². The van der Waals surface area contributed by atoms with E-state index in [1.807, 2.05) is 50.2 Å². The van der Waals surface area contributed by atoms with E-state index < -0.39 is 0 Å². The zero-order valence-electron chi connectivity index (χ0n) is 10.8. The number of nitrogens with two attached hydrogens (primary N) is 1. The topological polar surface area (TPSA) is 35.2 Å². The van der Waals surface area contributed by atoms with Gasteiger partial charge < -0.3 is 10.5 Å². The molecule has 2 aromatic carbocycles. The molecule has 0 unspecified atom stereocenters. The van der Waals surface area contributed by atoms with Gasteiger partial charge in [-0.1, -0.05) is 39.7 Å². The monoisotopic (exact) mass is 339 g/mol. The third-order valence-electron chi connectivity index (χ3n) is 2.85. The molecule has 0 amide bonds. The van der Waals surface area contributed by atoms with Crippen LogP contribution in [0.4, 0.5) is 0 Å². The van der Waals surface area contributed by atoms with Crippen LogP contribution in [0.25, 0.3) is 0 Å². The summed E-state index contributed by atoms with van der Waals surface area (Å²) in [5, 5.41) is 0.564. The van der Waals surface area contributed by atoms with Crippen molar-refractivity contribution in [2.45, 2.75) is 19.9 Å². The largest absolute Gasteiger partial charge is 0.455 e. The molecule has 0 spiro atoms. The van der Waals surface area contributed by atoms with E-state index in [4.69, 9.17) is 22.1 Å². The van der Waals surface area contributed by atoms with Gasteiger partial charge in [0, 0.05) is 10.5 Å². The fraction of sp³-hybridized carbons (Fsp3) is 0.200. The summed E-state index contributed by atoms with van der Waals surface area (Å²) in [6, 6.07) is 11.5. The van der Waals surface area contributed by atoms with Crippen LogP contribution < -0.4 is 10.5 Å². The molecule has 0 radical (unpaired) electrons. The fourth-order valence-corrected chi connectivity index (χ4v) is 2.25. The van der Waals surface area contributed by atoms with E-state index in [-0.39, 0.29) is 6.04 Å². The van der Waals surface area contributed by atoms with Crippen molar-refractivity contribution >= 4 is 27.5 Å². The second-order valence-corrected chi connectivity index (χ2v) is 5.81. The first-order valence-electron chi connectivity index (χ1n) is 5.96. The first-order chi connectivity index (χ1) is 8.97. The summed E-state index contributed by atoms with van der Waals surface area (Å²) in [5.41, 5.74) is 7.86. The van der Waals surface area contributed by atoms with E-state index in [0.717, 1.165) is 21.3 Å². The second-order valence-electron chi connectivity index (χ2n) is 4.49. The molecule has 2 nitrogen and oxygen atoms in total. The third kappa shape index (κ3) is 3.50. The number of hydrogen-bond acceptors (Lipinski definition) is 2. The Hall–Kier alpha value is -1.03. The molecule has 0 aromatic heterocycles. The normalized spacial score (nSPS) is 12.3. The van der Waals surface area contributed by atoms with Crippen LogP contribution in [0, 0.1) is 6.92 Å². The van der Waals surface area contributed by atoms with Crippen molar-refractivity contribution in [2.75, 3.05) is 0 Å². The van der Waals surface area contributed by atoms with Crippen molar-refractivity contribution in [3.63, 3.8) is 0 Å². The Bertz CT molecular complexity index is 599. The standard InChI is InChI=1S/C15H15BrClNO/c1-9-3-5-12(16)8-15(9)19-14-6-4-11(10(2)18)7-13(14)17/h3-8,10H,18H2,1-2H3/t10-/m0/s1. The van der Waals surface area contributed by atoms with Crippen molar-refractivity contribution in [3.8, 4) is 11.5 Å². The molecule has 4 heteroatoms. The summed E-state index contributed by atoms with van der Waals surface area (Å²) in [4.78, 5) is 0. The fourth-order valence-electron chi connectivity index (χ4n) is 1.69. The van der Waals surface area contributed by atoms with Gasteiger partial charge in [0.1, 0.15) is 11.5 Å². The summed E-state index contributed by atoms with van der Waals surface area (Å²) in [6.45, 7) is 3.91. The molecule has 0 saturated heterocycles. The molecule has 100 valence electrons. The highest BCUT2D eigenvalue weighted by molar-refractivity contribution is 9.10. The van der Waals surface area contributed by atoms with Crippen molar-refractivity contribution in [2.24, 2.45) is 5.73 Å². The number of rotatable bonds is 3. The summed E-state index contributed by atoms with van der Waals surface area (Å²) >= 11 is 9.65. The highest BCUT2D eigenvalue weighted by atomic mass is 79.9. The van der Waals surface area contributed by atoms with Gasteiger partial charge in [0.2, 0.25) is 0 Å². The highest BCUT2D eigenvalue weighted by Crippen LogP contribution is 2.33. The predicted molar refractivity (Wildman–Crippen MR) is 83.0 cm³/mol. The van der Waals surface area contributed by atoms with Crippen molar-refractivity contribution in [1.29, 1.82) is 0 Å². The van der Waals surface area contributed by atoms with E-state index in [1.54, 1.807) is 0 Å². The summed E-state index contributed by atoms with van der Waals surface area (Å²) in [7, 11) is 0. The lowest BCUT2D eigenvalue weighted by Crippen LogP contribution is -2.04. The maximum absolute atomic E-state index is 6.22. The van der Waals surface area contributed by atoms with E-state index >= 15 is 0 Å².